The summed E-state index contributed by atoms with van der Waals surface area (Å²) in [5.74, 6) is 3.28. The van der Waals surface area contributed by atoms with E-state index in [4.69, 9.17) is 9.72 Å². The van der Waals surface area contributed by atoms with E-state index in [1.54, 1.807) is 0 Å². The van der Waals surface area contributed by atoms with Gasteiger partial charge >= 0.3 is 0 Å². The Bertz CT molecular complexity index is 3050. The summed E-state index contributed by atoms with van der Waals surface area (Å²) >= 11 is 0. The summed E-state index contributed by atoms with van der Waals surface area (Å²) in [7, 11) is 0. The molecule has 10 aromatic rings. The number of rotatable bonds is 10. The Kier molecular flexibility index (Phi) is 9.63. The molecule has 0 aliphatic carbocycles. The van der Waals surface area contributed by atoms with Gasteiger partial charge in [0.2, 0.25) is 0 Å². The third kappa shape index (κ3) is 6.94. The summed E-state index contributed by atoms with van der Waals surface area (Å²) in [6, 6.07) is 63.8. The molecule has 1 atom stereocenters. The van der Waals surface area contributed by atoms with Crippen molar-refractivity contribution in [1.82, 2.24) is 14.1 Å². The molecule has 0 aliphatic heterocycles. The molecule has 7 aromatic carbocycles. The fraction of sp³-hybridized carbons (Fsp3) is 0.0909. The summed E-state index contributed by atoms with van der Waals surface area (Å²) in [6.45, 7) is 6.83. The van der Waals surface area contributed by atoms with Crippen molar-refractivity contribution >= 4 is 21.8 Å². The summed E-state index contributed by atoms with van der Waals surface area (Å²) < 4.78 is 13.1. The maximum absolute atomic E-state index is 6.70. The van der Waals surface area contributed by atoms with Crippen molar-refractivity contribution in [3.63, 3.8) is 0 Å². The maximum Gasteiger partial charge on any atom is 0.268 e. The highest BCUT2D eigenvalue weighted by atomic mass is 16.5. The Morgan fingerprint density at radius 2 is 1.22 bits per heavy atom. The zero-order valence-electron chi connectivity index (χ0n) is 33.9. The molecule has 3 aromatic heterocycles. The first-order valence-electron chi connectivity index (χ1n) is 20.6. The zero-order chi connectivity index (χ0) is 40.6. The van der Waals surface area contributed by atoms with Gasteiger partial charge in [0.1, 0.15) is 17.3 Å². The van der Waals surface area contributed by atoms with Crippen LogP contribution in [0.1, 0.15) is 32.3 Å². The monoisotopic (exact) mass is 776 g/mol. The molecule has 5 nitrogen and oxygen atoms in total. The van der Waals surface area contributed by atoms with Gasteiger partial charge in [-0.1, -0.05) is 142 Å². The van der Waals surface area contributed by atoms with Gasteiger partial charge in [-0.25, -0.2) is 4.98 Å². The highest BCUT2D eigenvalue weighted by Gasteiger charge is 2.19. The SMILES string of the molecule is CC(C)C(C)c1ccnc(-n2c3ccc(-c4ccccc4)cc3c3ccc(Oc4cccc(-n5[c-][n+](-c6c(-c7ccccc7)cccc6-c6ccccc6)cc5)c4)cc32)c1. The van der Waals surface area contributed by atoms with E-state index in [0.29, 0.717) is 11.8 Å². The van der Waals surface area contributed by atoms with Crippen LogP contribution in [-0.2, 0) is 0 Å². The predicted octanol–water partition coefficient (Wildman–Crippen LogP) is 13.6. The average Bonchev–Trinajstić information content (AvgIpc) is 3.92. The second-order valence-electron chi connectivity index (χ2n) is 15.8. The van der Waals surface area contributed by atoms with Crippen molar-refractivity contribution < 1.29 is 9.30 Å². The van der Waals surface area contributed by atoms with Crippen LogP contribution >= 0.6 is 0 Å². The van der Waals surface area contributed by atoms with Crippen molar-refractivity contribution in [2.75, 3.05) is 0 Å². The third-order valence-electron chi connectivity index (χ3n) is 11.7. The molecule has 1 unspecified atom stereocenters. The van der Waals surface area contributed by atoms with E-state index < -0.39 is 0 Å². The predicted molar refractivity (Wildman–Crippen MR) is 244 cm³/mol. The lowest BCUT2D eigenvalue weighted by Crippen LogP contribution is -2.30. The van der Waals surface area contributed by atoms with Crippen LogP contribution in [-0.4, -0.2) is 14.1 Å². The van der Waals surface area contributed by atoms with E-state index in [9.17, 15) is 0 Å². The topological polar surface area (TPSA) is 35.9 Å². The molecule has 60 heavy (non-hydrogen) atoms. The molecule has 0 amide bonds. The number of nitrogens with zero attached hydrogens (tertiary/aromatic N) is 4. The largest absolute Gasteiger partial charge is 0.458 e. The number of ether oxygens (including phenoxy) is 1. The molecule has 3 heterocycles. The molecular formula is C55H44N4O. The molecule has 0 saturated carbocycles. The lowest BCUT2D eigenvalue weighted by atomic mass is 9.91. The van der Waals surface area contributed by atoms with Crippen molar-refractivity contribution in [2.45, 2.75) is 26.7 Å². The van der Waals surface area contributed by atoms with Crippen LogP contribution < -0.4 is 9.30 Å². The summed E-state index contributed by atoms with van der Waals surface area (Å²) in [5.41, 5.74) is 12.4. The van der Waals surface area contributed by atoms with Crippen LogP contribution in [0.5, 0.6) is 11.5 Å². The minimum atomic E-state index is 0.396. The van der Waals surface area contributed by atoms with Crippen LogP contribution in [0.2, 0.25) is 0 Å². The second-order valence-corrected chi connectivity index (χ2v) is 15.8. The van der Waals surface area contributed by atoms with Crippen LogP contribution in [0.3, 0.4) is 0 Å². The Hall–Kier alpha value is -7.50. The Morgan fingerprint density at radius 1 is 0.550 bits per heavy atom. The van der Waals surface area contributed by atoms with E-state index in [1.165, 1.54) is 22.1 Å². The Morgan fingerprint density at radius 3 is 1.92 bits per heavy atom. The van der Waals surface area contributed by atoms with E-state index >= 15 is 0 Å². The summed E-state index contributed by atoms with van der Waals surface area (Å²) in [4.78, 5) is 4.95. The average molecular weight is 777 g/mol. The number of fused-ring (bicyclic) bond motifs is 3. The summed E-state index contributed by atoms with van der Waals surface area (Å²) in [5, 5.41) is 2.31. The second kappa shape index (κ2) is 15.7. The van der Waals surface area contributed by atoms with Crippen LogP contribution in [0.15, 0.2) is 201 Å². The highest BCUT2D eigenvalue weighted by Crippen LogP contribution is 2.38. The molecule has 0 aliphatic rings. The van der Waals surface area contributed by atoms with Gasteiger partial charge in [0.15, 0.2) is 0 Å². The van der Waals surface area contributed by atoms with Gasteiger partial charge in [-0.2, -0.15) is 0 Å². The number of imidazole rings is 1. The van der Waals surface area contributed by atoms with E-state index in [-0.39, 0.29) is 0 Å². The lowest BCUT2D eigenvalue weighted by molar-refractivity contribution is -0.598. The number of para-hydroxylation sites is 1. The van der Waals surface area contributed by atoms with Crippen LogP contribution in [0.25, 0.3) is 72.4 Å². The molecular weight excluding hydrogens is 733 g/mol. The van der Waals surface area contributed by atoms with Gasteiger partial charge in [0.25, 0.3) is 6.33 Å². The van der Waals surface area contributed by atoms with Crippen molar-refractivity contribution in [1.29, 1.82) is 0 Å². The zero-order valence-corrected chi connectivity index (χ0v) is 33.9. The standard InChI is InChI=1S/C55H44N4O/c1-38(2)39(3)43-29-30-56-54(34-43)59-52-28-25-44(40-15-7-4-8-16-40)33-51(52)50-27-26-47(36-53(50)59)60-46-22-13-21-45(35-46)57-31-32-58(37-57)55-48(41-17-9-5-10-18-41)23-14-24-49(55)42-19-11-6-12-20-42/h4-36,38-39H,1-3H3. The molecule has 0 bridgehead atoms. The number of hydrogen-bond acceptors (Lipinski definition) is 2. The van der Waals surface area contributed by atoms with Crippen LogP contribution in [0, 0.1) is 12.2 Å². The third-order valence-corrected chi connectivity index (χ3v) is 11.7. The normalized spacial score (nSPS) is 12.0. The lowest BCUT2D eigenvalue weighted by Gasteiger charge is -2.17. The van der Waals surface area contributed by atoms with Gasteiger partial charge < -0.3 is 4.74 Å². The smallest absolute Gasteiger partial charge is 0.268 e. The van der Waals surface area contributed by atoms with Gasteiger partial charge in [0, 0.05) is 35.4 Å². The molecule has 0 saturated heterocycles. The van der Waals surface area contributed by atoms with E-state index in [1.807, 2.05) is 29.1 Å². The first-order valence-corrected chi connectivity index (χ1v) is 20.6. The number of benzene rings is 7. The molecule has 5 heteroatoms. The van der Waals surface area contributed by atoms with Crippen molar-refractivity contribution in [3.05, 3.63) is 212 Å². The van der Waals surface area contributed by atoms with Crippen molar-refractivity contribution in [2.24, 2.45) is 5.92 Å². The fourth-order valence-corrected chi connectivity index (χ4v) is 8.27. The van der Waals surface area contributed by atoms with Crippen molar-refractivity contribution in [3.8, 4) is 62.1 Å². The minimum Gasteiger partial charge on any atom is -0.458 e. The first kappa shape index (κ1) is 36.8. The minimum absolute atomic E-state index is 0.396. The van der Waals surface area contributed by atoms with Gasteiger partial charge in [0.05, 0.1) is 22.4 Å². The molecule has 0 radical (unpaired) electrons. The highest BCUT2D eigenvalue weighted by molar-refractivity contribution is 6.10. The maximum atomic E-state index is 6.70. The quantitative estimate of drug-likeness (QED) is 0.102. The van der Waals surface area contributed by atoms with Gasteiger partial charge in [-0.05, 0) is 105 Å². The summed E-state index contributed by atoms with van der Waals surface area (Å²) in [6.07, 6.45) is 9.68. The van der Waals surface area contributed by atoms with Gasteiger partial charge in [-0.15, -0.1) is 0 Å². The number of pyridine rings is 1. The molecule has 0 N–H and O–H groups in total. The van der Waals surface area contributed by atoms with Crippen LogP contribution in [0.4, 0.5) is 0 Å². The number of aromatic nitrogens is 4. The number of hydrogen-bond donors (Lipinski definition) is 0. The molecule has 0 spiro atoms. The van der Waals surface area contributed by atoms with Gasteiger partial charge in [-0.3, -0.25) is 13.7 Å². The molecule has 10 rings (SSSR count). The van der Waals surface area contributed by atoms with E-state index in [2.05, 4.69) is 212 Å². The molecule has 0 fully saturated rings. The Balaban J connectivity index is 1.03. The first-order chi connectivity index (χ1) is 29.5. The van der Waals surface area contributed by atoms with E-state index in [0.717, 1.165) is 67.4 Å². The molecule has 290 valence electrons. The Labute approximate surface area is 351 Å². The fourth-order valence-electron chi connectivity index (χ4n) is 8.27.